The predicted molar refractivity (Wildman–Crippen MR) is 97.5 cm³/mol. The second-order valence-corrected chi connectivity index (χ2v) is 7.88. The summed E-state index contributed by atoms with van der Waals surface area (Å²) < 4.78 is 11.0. The lowest BCUT2D eigenvalue weighted by Gasteiger charge is -2.43. The average molecular weight is 357 g/mol. The highest BCUT2D eigenvalue weighted by Crippen LogP contribution is 2.36. The van der Waals surface area contributed by atoms with Crippen molar-refractivity contribution in [3.8, 4) is 0 Å². The first-order valence-corrected chi connectivity index (χ1v) is 9.21. The Balaban J connectivity index is 1.70. The lowest BCUT2D eigenvalue weighted by Crippen LogP contribution is -2.53. The molecule has 0 radical (unpaired) electrons. The molecule has 3 rings (SSSR count). The molecule has 0 spiro atoms. The summed E-state index contributed by atoms with van der Waals surface area (Å²) >= 11 is 0. The zero-order valence-electron chi connectivity index (χ0n) is 15.7. The van der Waals surface area contributed by atoms with Crippen LogP contribution in [0.15, 0.2) is 41.1 Å². The smallest absolute Gasteiger partial charge is 0.410 e. The van der Waals surface area contributed by atoms with Crippen molar-refractivity contribution in [2.45, 2.75) is 70.6 Å². The third-order valence-corrected chi connectivity index (χ3v) is 4.86. The number of carbonyl (C=O) groups is 1. The Morgan fingerprint density at radius 1 is 1.27 bits per heavy atom. The molecular formula is C20H27N3O3. The molecule has 0 N–H and O–H groups in total. The maximum atomic E-state index is 12.9. The molecule has 1 aromatic heterocycles. The largest absolute Gasteiger partial charge is 0.445 e. The Labute approximate surface area is 154 Å². The summed E-state index contributed by atoms with van der Waals surface area (Å²) in [6, 6.07) is 9.86. The van der Waals surface area contributed by atoms with Crippen LogP contribution in [-0.2, 0) is 11.3 Å². The second-order valence-electron chi connectivity index (χ2n) is 7.88. The molecule has 6 nitrogen and oxygen atoms in total. The van der Waals surface area contributed by atoms with Crippen molar-refractivity contribution in [1.82, 2.24) is 15.1 Å². The topological polar surface area (TPSA) is 68.5 Å². The minimum Gasteiger partial charge on any atom is -0.445 e. The van der Waals surface area contributed by atoms with Gasteiger partial charge in [0.15, 0.2) is 0 Å². The van der Waals surface area contributed by atoms with E-state index in [1.165, 1.54) is 6.39 Å². The fourth-order valence-electron chi connectivity index (χ4n) is 3.74. The molecule has 1 aromatic carbocycles. The molecule has 0 aliphatic heterocycles. The number of hydrogen-bond acceptors (Lipinski definition) is 5. The molecular weight excluding hydrogens is 330 g/mol. The van der Waals surface area contributed by atoms with Crippen LogP contribution in [0.2, 0.25) is 0 Å². The van der Waals surface area contributed by atoms with E-state index in [4.69, 9.17) is 9.15 Å². The van der Waals surface area contributed by atoms with Crippen molar-refractivity contribution in [2.75, 3.05) is 0 Å². The monoisotopic (exact) mass is 357 g/mol. The third-order valence-electron chi connectivity index (χ3n) is 4.86. The number of aromatic nitrogens is 2. The van der Waals surface area contributed by atoms with E-state index in [0.29, 0.717) is 5.89 Å². The maximum absolute atomic E-state index is 12.9. The third kappa shape index (κ3) is 4.42. The van der Waals surface area contributed by atoms with E-state index in [1.807, 2.05) is 56.0 Å². The van der Waals surface area contributed by atoms with Crippen LogP contribution in [0, 0.1) is 0 Å². The number of ether oxygens (including phenoxy) is 1. The van der Waals surface area contributed by atoms with Gasteiger partial charge in [-0.25, -0.2) is 4.79 Å². The van der Waals surface area contributed by atoms with E-state index >= 15 is 0 Å². The quantitative estimate of drug-likeness (QED) is 0.804. The average Bonchev–Trinajstić information content (AvgIpc) is 3.15. The summed E-state index contributed by atoms with van der Waals surface area (Å²) in [5, 5.41) is 7.86. The molecule has 0 saturated heterocycles. The van der Waals surface area contributed by atoms with Crippen molar-refractivity contribution in [3.63, 3.8) is 0 Å². The van der Waals surface area contributed by atoms with Crippen LogP contribution in [0.1, 0.15) is 63.8 Å². The van der Waals surface area contributed by atoms with Crippen molar-refractivity contribution in [2.24, 2.45) is 0 Å². The van der Waals surface area contributed by atoms with E-state index < -0.39 is 0 Å². The van der Waals surface area contributed by atoms with E-state index in [0.717, 1.165) is 31.2 Å². The zero-order valence-corrected chi connectivity index (χ0v) is 15.7. The van der Waals surface area contributed by atoms with Gasteiger partial charge in [0.2, 0.25) is 12.3 Å². The van der Waals surface area contributed by atoms with Gasteiger partial charge in [-0.05, 0) is 45.6 Å². The SMILES string of the molecule is CC(C)(C)N(C(=O)OCc1ccccc1)[C@H]1CCC[C@H](c2nnco2)C1. The molecule has 0 unspecified atom stereocenters. The van der Waals surface area contributed by atoms with Crippen LogP contribution >= 0.6 is 0 Å². The van der Waals surface area contributed by atoms with Gasteiger partial charge in [-0.3, -0.25) is 0 Å². The summed E-state index contributed by atoms with van der Waals surface area (Å²) in [6.07, 6.45) is 4.92. The molecule has 1 aliphatic carbocycles. The minimum atomic E-state index is -0.324. The Kier molecular flexibility index (Phi) is 5.59. The summed E-state index contributed by atoms with van der Waals surface area (Å²) in [6.45, 7) is 6.43. The van der Waals surface area contributed by atoms with Crippen molar-refractivity contribution in [3.05, 3.63) is 48.2 Å². The predicted octanol–water partition coefficient (Wildman–Crippen LogP) is 4.53. The van der Waals surface area contributed by atoms with Gasteiger partial charge in [0.05, 0.1) is 0 Å². The molecule has 26 heavy (non-hydrogen) atoms. The number of nitrogens with zero attached hydrogens (tertiary/aromatic N) is 3. The van der Waals surface area contributed by atoms with Crippen LogP contribution in [-0.4, -0.2) is 32.8 Å². The maximum Gasteiger partial charge on any atom is 0.410 e. The summed E-state index contributed by atoms with van der Waals surface area (Å²) in [4.78, 5) is 14.8. The normalized spacial score (nSPS) is 20.6. The lowest BCUT2D eigenvalue weighted by atomic mass is 9.83. The first-order chi connectivity index (χ1) is 12.4. The molecule has 2 atom stereocenters. The number of amides is 1. The van der Waals surface area contributed by atoms with Gasteiger partial charge in [0, 0.05) is 17.5 Å². The number of hydrogen-bond donors (Lipinski definition) is 0. The van der Waals surface area contributed by atoms with E-state index in [1.54, 1.807) is 0 Å². The van der Waals surface area contributed by atoms with Gasteiger partial charge in [-0.2, -0.15) is 0 Å². The standard InChI is InChI=1S/C20H27N3O3/c1-20(2,3)23(19(24)25-13-15-8-5-4-6-9-15)17-11-7-10-16(12-17)18-22-21-14-26-18/h4-6,8-9,14,16-17H,7,10-13H2,1-3H3/t16-,17-/m0/s1. The first-order valence-electron chi connectivity index (χ1n) is 9.21. The molecule has 6 heteroatoms. The van der Waals surface area contributed by atoms with Gasteiger partial charge in [-0.1, -0.05) is 36.8 Å². The minimum absolute atomic E-state index is 0.101. The van der Waals surface area contributed by atoms with Crippen LogP contribution in [0.3, 0.4) is 0 Å². The van der Waals surface area contributed by atoms with E-state index in [2.05, 4.69) is 10.2 Å². The fraction of sp³-hybridized carbons (Fsp3) is 0.550. The molecule has 1 fully saturated rings. The number of benzene rings is 1. The van der Waals surface area contributed by atoms with Crippen LogP contribution in [0.5, 0.6) is 0 Å². The lowest BCUT2D eigenvalue weighted by molar-refractivity contribution is 0.0263. The van der Waals surface area contributed by atoms with Gasteiger partial charge < -0.3 is 14.1 Å². The summed E-state index contributed by atoms with van der Waals surface area (Å²) in [5.41, 5.74) is 0.664. The number of carbonyl (C=O) groups excluding carboxylic acids is 1. The van der Waals surface area contributed by atoms with Crippen LogP contribution < -0.4 is 0 Å². The Morgan fingerprint density at radius 3 is 2.69 bits per heavy atom. The summed E-state index contributed by atoms with van der Waals surface area (Å²) in [7, 11) is 0. The Morgan fingerprint density at radius 2 is 2.04 bits per heavy atom. The van der Waals surface area contributed by atoms with E-state index in [-0.39, 0.29) is 30.2 Å². The molecule has 2 aromatic rings. The van der Waals surface area contributed by atoms with Crippen LogP contribution in [0.25, 0.3) is 0 Å². The Hall–Kier alpha value is -2.37. The molecule has 1 aliphatic rings. The van der Waals surface area contributed by atoms with Crippen molar-refractivity contribution < 1.29 is 13.9 Å². The second kappa shape index (κ2) is 7.89. The van der Waals surface area contributed by atoms with Crippen molar-refractivity contribution in [1.29, 1.82) is 0 Å². The van der Waals surface area contributed by atoms with Gasteiger partial charge in [-0.15, -0.1) is 10.2 Å². The molecule has 1 heterocycles. The van der Waals surface area contributed by atoms with Gasteiger partial charge in [0.1, 0.15) is 6.61 Å². The van der Waals surface area contributed by atoms with Crippen molar-refractivity contribution >= 4 is 6.09 Å². The van der Waals surface area contributed by atoms with Gasteiger partial charge in [0.25, 0.3) is 0 Å². The highest BCUT2D eigenvalue weighted by atomic mass is 16.6. The Bertz CT molecular complexity index is 695. The van der Waals surface area contributed by atoms with Gasteiger partial charge >= 0.3 is 6.09 Å². The molecule has 1 saturated carbocycles. The first kappa shape index (κ1) is 18.4. The molecule has 140 valence electrons. The summed E-state index contributed by atoms with van der Waals surface area (Å²) in [5.74, 6) is 0.865. The number of rotatable bonds is 4. The highest BCUT2D eigenvalue weighted by Gasteiger charge is 2.38. The van der Waals surface area contributed by atoms with Crippen LogP contribution in [0.4, 0.5) is 4.79 Å². The zero-order chi connectivity index (χ0) is 18.6. The fourth-order valence-corrected chi connectivity index (χ4v) is 3.74. The molecule has 1 amide bonds. The highest BCUT2D eigenvalue weighted by molar-refractivity contribution is 5.69. The van der Waals surface area contributed by atoms with E-state index in [9.17, 15) is 4.79 Å². The molecule has 0 bridgehead atoms.